The van der Waals surface area contributed by atoms with E-state index in [4.69, 9.17) is 31.0 Å². The number of nitrogens with zero attached hydrogens (tertiary/aromatic N) is 6. The van der Waals surface area contributed by atoms with Crippen LogP contribution in [0.2, 0.25) is 5.02 Å². The maximum absolute atomic E-state index is 13.9. The molecule has 5 aromatic rings. The van der Waals surface area contributed by atoms with E-state index < -0.39 is 11.6 Å². The molecule has 2 N–H and O–H groups in total. The van der Waals surface area contributed by atoms with E-state index in [1.165, 1.54) is 30.6 Å². The molecule has 4 fully saturated rings. The van der Waals surface area contributed by atoms with Gasteiger partial charge in [-0.05, 0) is 187 Å². The van der Waals surface area contributed by atoms with Crippen LogP contribution in [0.5, 0.6) is 5.75 Å². The predicted molar refractivity (Wildman–Crippen MR) is 308 cm³/mol. The van der Waals surface area contributed by atoms with Crippen molar-refractivity contribution in [1.82, 2.24) is 30.0 Å². The van der Waals surface area contributed by atoms with E-state index in [0.29, 0.717) is 47.7 Å². The number of urea groups is 1. The number of halogens is 1. The molecule has 2 aromatic heterocycles. The summed E-state index contributed by atoms with van der Waals surface area (Å²) in [6.07, 6.45) is 12.1. The summed E-state index contributed by atoms with van der Waals surface area (Å²) in [6.45, 7) is 12.5. The summed E-state index contributed by atoms with van der Waals surface area (Å²) in [5.74, 6) is 3.03. The SMILES string of the molecule is COc1cc2nc(C)nc(N[C@H](C)c3cc(-c4ccccc4CN(C)C(=O)OC(C)(C)C)cs3)c2cc1C1CCC(C(=O)N(C)CCCC2CCC3(CC2)CCN(C(=O)c2ccc(Cl)c(N4CCC(=O)NC4=O)c2)CC3)CC1. The number of nitrogens with one attached hydrogen (secondary N) is 2. The Kier molecular flexibility index (Phi) is 17.4. The number of fused-ring (bicyclic) bond motifs is 1. The van der Waals surface area contributed by atoms with Crippen molar-refractivity contribution in [3.63, 3.8) is 0 Å². The van der Waals surface area contributed by atoms with Crippen molar-refractivity contribution in [3.8, 4) is 16.9 Å². The number of hydrogen-bond donors (Lipinski definition) is 2. The number of benzene rings is 3. The molecule has 0 unspecified atom stereocenters. The van der Waals surface area contributed by atoms with Crippen LogP contribution in [0, 0.1) is 24.2 Å². The highest BCUT2D eigenvalue weighted by atomic mass is 35.5. The van der Waals surface area contributed by atoms with E-state index in [-0.39, 0.29) is 60.1 Å². The van der Waals surface area contributed by atoms with Gasteiger partial charge in [-0.25, -0.2) is 19.6 Å². The minimum atomic E-state index is -0.574. The Hall–Kier alpha value is -6.26. The van der Waals surface area contributed by atoms with Crippen LogP contribution in [0.15, 0.2) is 66.0 Å². The van der Waals surface area contributed by atoms with Gasteiger partial charge in [-0.15, -0.1) is 11.3 Å². The van der Waals surface area contributed by atoms with Gasteiger partial charge in [-0.3, -0.25) is 24.6 Å². The minimum absolute atomic E-state index is 0.00689. The maximum Gasteiger partial charge on any atom is 0.410 e. The first-order valence-electron chi connectivity index (χ1n) is 28.0. The third-order valence-electron chi connectivity index (χ3n) is 16.8. The molecule has 78 heavy (non-hydrogen) atoms. The Bertz CT molecular complexity index is 3020. The van der Waals surface area contributed by atoms with E-state index in [1.54, 1.807) is 48.6 Å². The van der Waals surface area contributed by atoms with Gasteiger partial charge in [0, 0.05) is 81.1 Å². The zero-order valence-electron chi connectivity index (χ0n) is 46.7. The average molecular weight is 1100 g/mol. The van der Waals surface area contributed by atoms with Crippen LogP contribution in [0.25, 0.3) is 22.0 Å². The molecule has 1 spiro atoms. The molecule has 0 radical (unpaired) electrons. The van der Waals surface area contributed by atoms with Crippen LogP contribution in [0.1, 0.15) is 155 Å². The third-order valence-corrected chi connectivity index (χ3v) is 18.2. The van der Waals surface area contributed by atoms with Crippen molar-refractivity contribution in [1.29, 1.82) is 0 Å². The molecule has 9 rings (SSSR count). The highest BCUT2D eigenvalue weighted by Gasteiger charge is 2.40. The number of ether oxygens (including phenoxy) is 2. The van der Waals surface area contributed by atoms with Gasteiger partial charge in [-0.2, -0.15) is 0 Å². The number of imide groups is 1. The van der Waals surface area contributed by atoms with Crippen LogP contribution in [-0.2, 0) is 20.9 Å². The Balaban J connectivity index is 0.741. The summed E-state index contributed by atoms with van der Waals surface area (Å²) in [5, 5.41) is 9.54. The van der Waals surface area contributed by atoms with Crippen LogP contribution >= 0.6 is 22.9 Å². The van der Waals surface area contributed by atoms with Crippen LogP contribution < -0.4 is 20.3 Å². The first-order chi connectivity index (χ1) is 37.3. The fraction of sp³-hybridized carbons (Fsp3) is 0.525. The van der Waals surface area contributed by atoms with Crippen molar-refractivity contribution in [2.45, 2.75) is 142 Å². The number of likely N-dealkylation sites (tertiary alicyclic amines) is 1. The van der Waals surface area contributed by atoms with E-state index in [1.807, 2.05) is 62.7 Å². The van der Waals surface area contributed by atoms with E-state index in [2.05, 4.69) is 47.2 Å². The van der Waals surface area contributed by atoms with Gasteiger partial charge in [0.25, 0.3) is 5.91 Å². The number of thiophene rings is 1. The lowest BCUT2D eigenvalue weighted by molar-refractivity contribution is -0.135. The second kappa shape index (κ2) is 24.0. The maximum atomic E-state index is 13.9. The molecule has 2 saturated carbocycles. The van der Waals surface area contributed by atoms with Gasteiger partial charge < -0.3 is 29.5 Å². The fourth-order valence-corrected chi connectivity index (χ4v) is 13.4. The van der Waals surface area contributed by atoms with Crippen molar-refractivity contribution in [2.24, 2.45) is 17.3 Å². The number of aryl methyl sites for hydroxylation is 1. The molecule has 6 amide bonds. The summed E-state index contributed by atoms with van der Waals surface area (Å²) in [4.78, 5) is 82.5. The molecule has 2 saturated heterocycles. The highest BCUT2D eigenvalue weighted by Crippen LogP contribution is 2.48. The summed E-state index contributed by atoms with van der Waals surface area (Å²) in [5.41, 5.74) is 5.77. The minimum Gasteiger partial charge on any atom is -0.496 e. The summed E-state index contributed by atoms with van der Waals surface area (Å²) in [7, 11) is 5.46. The second-order valence-corrected chi connectivity index (χ2v) is 24.8. The van der Waals surface area contributed by atoms with Crippen LogP contribution in [0.3, 0.4) is 0 Å². The zero-order chi connectivity index (χ0) is 55.5. The predicted octanol–water partition coefficient (Wildman–Crippen LogP) is 12.9. The fourth-order valence-electron chi connectivity index (χ4n) is 12.3. The summed E-state index contributed by atoms with van der Waals surface area (Å²) >= 11 is 8.15. The lowest BCUT2D eigenvalue weighted by atomic mass is 9.65. The van der Waals surface area contributed by atoms with Gasteiger partial charge >= 0.3 is 12.1 Å². The van der Waals surface area contributed by atoms with Crippen molar-refractivity contribution in [2.75, 3.05) is 57.6 Å². The molecule has 0 bridgehead atoms. The normalized spacial score (nSPS) is 19.3. The molecule has 4 heterocycles. The molecule has 2 aliphatic carbocycles. The number of carbonyl (C=O) groups excluding carboxylic acids is 5. The molecular formula is C61H77ClN8O7S. The molecular weight excluding hydrogens is 1020 g/mol. The molecule has 17 heteroatoms. The van der Waals surface area contributed by atoms with Gasteiger partial charge in [0.1, 0.15) is 23.0 Å². The monoisotopic (exact) mass is 1100 g/mol. The number of anilines is 2. The van der Waals surface area contributed by atoms with Gasteiger partial charge in [0.2, 0.25) is 11.8 Å². The molecule has 1 atom stereocenters. The highest BCUT2D eigenvalue weighted by molar-refractivity contribution is 7.10. The number of carbonyl (C=O) groups is 5. The molecule has 15 nitrogen and oxygen atoms in total. The standard InChI is InChI=1S/C61H77ClN8O7S/c1-38(53-33-45(37-78-53)46-14-10-9-13-44(46)36-68(7)59(75)77-60(3,4)5)63-55-48-34-47(52(76-8)35-50(48)64-39(2)65-55)41-15-17-42(18-16-41)56(72)67(6)28-11-12-40-21-24-61(25-22-40)26-30-69(31-27-61)57(73)43-19-20-49(62)51(32-43)70-29-23-54(71)66-58(70)74/h9-10,13-14,19-20,32-35,37-38,40-42H,11-12,15-18,21-31,36H2,1-8H3,(H,63,64,65)(H,66,71,74)/t38-,41?,42?/m1/s1. The largest absolute Gasteiger partial charge is 0.496 e. The average Bonchev–Trinajstić information content (AvgIpc) is 3.92. The number of hydrogen-bond acceptors (Lipinski definition) is 11. The van der Waals surface area contributed by atoms with E-state index in [9.17, 15) is 24.0 Å². The Morgan fingerprint density at radius 2 is 1.65 bits per heavy atom. The lowest BCUT2D eigenvalue weighted by Crippen LogP contribution is -2.49. The summed E-state index contributed by atoms with van der Waals surface area (Å²) in [6, 6.07) is 19.1. The van der Waals surface area contributed by atoms with Gasteiger partial charge in [-0.1, -0.05) is 35.9 Å². The number of piperidine rings is 1. The lowest BCUT2D eigenvalue weighted by Gasteiger charge is -2.46. The van der Waals surface area contributed by atoms with Gasteiger partial charge in [0.05, 0.1) is 29.4 Å². The van der Waals surface area contributed by atoms with Crippen LogP contribution in [0.4, 0.5) is 21.1 Å². The van der Waals surface area contributed by atoms with Crippen molar-refractivity contribution < 1.29 is 33.4 Å². The number of methoxy groups -OCH3 is 1. The second-order valence-electron chi connectivity index (χ2n) is 23.4. The van der Waals surface area contributed by atoms with E-state index in [0.717, 1.165) is 108 Å². The number of rotatable bonds is 15. The topological polar surface area (TPSA) is 167 Å². The summed E-state index contributed by atoms with van der Waals surface area (Å²) < 4.78 is 11.6. The number of amides is 6. The quantitative estimate of drug-likeness (QED) is 0.103. The Morgan fingerprint density at radius 3 is 2.36 bits per heavy atom. The van der Waals surface area contributed by atoms with Crippen LogP contribution in [-0.4, -0.2) is 107 Å². The smallest absolute Gasteiger partial charge is 0.410 e. The first-order valence-corrected chi connectivity index (χ1v) is 29.2. The van der Waals surface area contributed by atoms with Crippen molar-refractivity contribution >= 4 is 75.2 Å². The Labute approximate surface area is 468 Å². The third kappa shape index (κ3) is 13.1. The Morgan fingerprint density at radius 1 is 0.923 bits per heavy atom. The number of aromatic nitrogens is 2. The van der Waals surface area contributed by atoms with Crippen molar-refractivity contribution in [3.05, 3.63) is 98.5 Å². The molecule has 2 aliphatic heterocycles. The molecule has 416 valence electrons. The molecule has 3 aromatic carbocycles. The zero-order valence-corrected chi connectivity index (χ0v) is 48.3. The first kappa shape index (κ1) is 56.5. The van der Waals surface area contributed by atoms with Gasteiger partial charge in [0.15, 0.2) is 0 Å². The molecule has 4 aliphatic rings. The van der Waals surface area contributed by atoms with E-state index >= 15 is 0 Å².